The summed E-state index contributed by atoms with van der Waals surface area (Å²) in [5, 5.41) is 0. The molecule has 0 saturated carbocycles. The minimum absolute atomic E-state index is 0.103. The summed E-state index contributed by atoms with van der Waals surface area (Å²) in [5.41, 5.74) is 1.89. The minimum Gasteiger partial charge on any atom is -0.295 e. The first-order chi connectivity index (χ1) is 9.81. The number of aryl methyl sites for hydroxylation is 1. The van der Waals surface area contributed by atoms with E-state index < -0.39 is 10.0 Å². The average molecular weight is 368 g/mol. The van der Waals surface area contributed by atoms with Crippen LogP contribution in [0.2, 0.25) is 0 Å². The van der Waals surface area contributed by atoms with Gasteiger partial charge in [0.05, 0.1) is 10.6 Å². The summed E-state index contributed by atoms with van der Waals surface area (Å²) in [5.74, 6) is -0.103. The molecule has 4 nitrogen and oxygen atoms in total. The highest BCUT2D eigenvalue weighted by molar-refractivity contribution is 9.10. The van der Waals surface area contributed by atoms with Crippen LogP contribution in [0.3, 0.4) is 0 Å². The monoisotopic (exact) mass is 367 g/mol. The van der Waals surface area contributed by atoms with Crippen LogP contribution in [0.1, 0.15) is 22.8 Å². The molecule has 110 valence electrons. The van der Waals surface area contributed by atoms with Crippen molar-refractivity contribution < 1.29 is 13.2 Å². The van der Waals surface area contributed by atoms with Gasteiger partial charge in [-0.2, -0.15) is 0 Å². The fourth-order valence-electron chi connectivity index (χ4n) is 1.80. The molecule has 6 heteroatoms. The third kappa shape index (κ3) is 3.51. The molecule has 0 aliphatic rings. The first-order valence-electron chi connectivity index (χ1n) is 6.20. The predicted octanol–water partition coefficient (Wildman–Crippen LogP) is 3.76. The Morgan fingerprint density at radius 2 is 1.71 bits per heavy atom. The smallest absolute Gasteiger partial charge is 0.261 e. The summed E-state index contributed by atoms with van der Waals surface area (Å²) < 4.78 is 27.9. The summed E-state index contributed by atoms with van der Waals surface area (Å²) in [6, 6.07) is 11.2. The zero-order valence-electron chi connectivity index (χ0n) is 11.6. The summed E-state index contributed by atoms with van der Waals surface area (Å²) in [4.78, 5) is 11.3. The standard InChI is InChI=1S/C15H14BrNO3S/c1-10-4-3-5-14(15(10)16)17-21(19,20)13-8-6-12(7-9-13)11(2)18/h3-9,17H,1-2H3. The van der Waals surface area contributed by atoms with E-state index in [1.54, 1.807) is 12.1 Å². The highest BCUT2D eigenvalue weighted by Gasteiger charge is 2.16. The quantitative estimate of drug-likeness (QED) is 0.836. The number of hydrogen-bond acceptors (Lipinski definition) is 3. The number of anilines is 1. The summed E-state index contributed by atoms with van der Waals surface area (Å²) in [7, 11) is -3.69. The molecule has 21 heavy (non-hydrogen) atoms. The van der Waals surface area contributed by atoms with Crippen LogP contribution in [-0.2, 0) is 10.0 Å². The minimum atomic E-state index is -3.69. The van der Waals surface area contributed by atoms with Crippen LogP contribution >= 0.6 is 15.9 Å². The largest absolute Gasteiger partial charge is 0.295 e. The first kappa shape index (κ1) is 15.7. The van der Waals surface area contributed by atoms with Crippen LogP contribution in [0.5, 0.6) is 0 Å². The molecule has 0 radical (unpaired) electrons. The topological polar surface area (TPSA) is 63.2 Å². The molecular weight excluding hydrogens is 354 g/mol. The van der Waals surface area contributed by atoms with E-state index in [0.29, 0.717) is 15.7 Å². The Kier molecular flexibility index (Phi) is 4.49. The van der Waals surface area contributed by atoms with Crippen molar-refractivity contribution in [1.29, 1.82) is 0 Å². The third-order valence-corrected chi connectivity index (χ3v) is 5.44. The van der Waals surface area contributed by atoms with Gasteiger partial charge in [-0.1, -0.05) is 24.3 Å². The highest BCUT2D eigenvalue weighted by atomic mass is 79.9. The number of nitrogens with one attached hydrogen (secondary N) is 1. The molecular formula is C15H14BrNO3S. The maximum absolute atomic E-state index is 12.3. The van der Waals surface area contributed by atoms with Gasteiger partial charge < -0.3 is 0 Å². The first-order valence-corrected chi connectivity index (χ1v) is 8.48. The molecule has 2 aromatic carbocycles. The number of sulfonamides is 1. The normalized spacial score (nSPS) is 11.2. The zero-order chi connectivity index (χ0) is 15.6. The molecule has 0 aliphatic heterocycles. The molecule has 1 N–H and O–H groups in total. The van der Waals surface area contributed by atoms with Crippen LogP contribution in [0.15, 0.2) is 51.8 Å². The maximum atomic E-state index is 12.3. The van der Waals surface area contributed by atoms with Gasteiger partial charge in [0.25, 0.3) is 10.0 Å². The van der Waals surface area contributed by atoms with Crippen molar-refractivity contribution in [2.24, 2.45) is 0 Å². The van der Waals surface area contributed by atoms with Gasteiger partial charge in [0, 0.05) is 10.0 Å². The van der Waals surface area contributed by atoms with Gasteiger partial charge in [0.15, 0.2) is 5.78 Å². The van der Waals surface area contributed by atoms with Crippen molar-refractivity contribution >= 4 is 37.4 Å². The molecule has 0 spiro atoms. The van der Waals surface area contributed by atoms with Gasteiger partial charge in [-0.25, -0.2) is 8.42 Å². The van der Waals surface area contributed by atoms with Gasteiger partial charge in [-0.3, -0.25) is 9.52 Å². The van der Waals surface area contributed by atoms with Crippen LogP contribution < -0.4 is 4.72 Å². The highest BCUT2D eigenvalue weighted by Crippen LogP contribution is 2.28. The molecule has 0 aromatic heterocycles. The molecule has 0 amide bonds. The molecule has 2 rings (SSSR count). The van der Waals surface area contributed by atoms with E-state index in [9.17, 15) is 13.2 Å². The second-order valence-corrected chi connectivity index (χ2v) is 7.10. The second kappa shape index (κ2) is 5.99. The molecule has 0 aliphatic carbocycles. The van der Waals surface area contributed by atoms with Crippen LogP contribution in [0.4, 0.5) is 5.69 Å². The van der Waals surface area contributed by atoms with Crippen molar-refractivity contribution in [3.05, 3.63) is 58.1 Å². The number of benzene rings is 2. The fourth-order valence-corrected chi connectivity index (χ4v) is 3.37. The van der Waals surface area contributed by atoms with E-state index in [0.717, 1.165) is 5.56 Å². The van der Waals surface area contributed by atoms with Crippen molar-refractivity contribution in [2.75, 3.05) is 4.72 Å². The Morgan fingerprint density at radius 3 is 2.29 bits per heavy atom. The molecule has 0 bridgehead atoms. The van der Waals surface area contributed by atoms with E-state index in [-0.39, 0.29) is 10.7 Å². The lowest BCUT2D eigenvalue weighted by Crippen LogP contribution is -2.13. The lowest BCUT2D eigenvalue weighted by atomic mass is 10.2. The van der Waals surface area contributed by atoms with Crippen LogP contribution in [0, 0.1) is 6.92 Å². The van der Waals surface area contributed by atoms with E-state index in [4.69, 9.17) is 0 Å². The molecule has 0 fully saturated rings. The zero-order valence-corrected chi connectivity index (χ0v) is 14.0. The number of Topliss-reactive ketones (excluding diaryl/α,β-unsaturated/α-hetero) is 1. The van der Waals surface area contributed by atoms with Crippen LogP contribution in [-0.4, -0.2) is 14.2 Å². The van der Waals surface area contributed by atoms with Crippen molar-refractivity contribution in [1.82, 2.24) is 0 Å². The molecule has 0 atom stereocenters. The van der Waals surface area contributed by atoms with Gasteiger partial charge in [0.1, 0.15) is 0 Å². The molecule has 2 aromatic rings. The fraction of sp³-hybridized carbons (Fsp3) is 0.133. The molecule has 0 unspecified atom stereocenters. The number of carbonyl (C=O) groups is 1. The number of halogens is 1. The van der Waals surface area contributed by atoms with Crippen molar-refractivity contribution in [2.45, 2.75) is 18.7 Å². The summed E-state index contributed by atoms with van der Waals surface area (Å²) in [6.07, 6.45) is 0. The molecule has 0 heterocycles. The van der Waals surface area contributed by atoms with E-state index in [1.165, 1.54) is 31.2 Å². The Hall–Kier alpha value is -1.66. The van der Waals surface area contributed by atoms with Crippen molar-refractivity contribution in [3.63, 3.8) is 0 Å². The maximum Gasteiger partial charge on any atom is 0.261 e. The average Bonchev–Trinajstić information content (AvgIpc) is 2.44. The number of rotatable bonds is 4. The molecule has 0 saturated heterocycles. The Bertz CT molecular complexity index is 783. The van der Waals surface area contributed by atoms with E-state index >= 15 is 0 Å². The number of carbonyl (C=O) groups excluding carboxylic acids is 1. The predicted molar refractivity (Wildman–Crippen MR) is 86.1 cm³/mol. The SMILES string of the molecule is CC(=O)c1ccc(S(=O)(=O)Nc2cccc(C)c2Br)cc1. The van der Waals surface area contributed by atoms with E-state index in [1.807, 2.05) is 13.0 Å². The van der Waals surface area contributed by atoms with Gasteiger partial charge in [0.2, 0.25) is 0 Å². The Morgan fingerprint density at radius 1 is 1.10 bits per heavy atom. The van der Waals surface area contributed by atoms with E-state index in [2.05, 4.69) is 20.7 Å². The third-order valence-electron chi connectivity index (χ3n) is 3.01. The Balaban J connectivity index is 2.34. The van der Waals surface area contributed by atoms with Gasteiger partial charge in [-0.05, 0) is 53.5 Å². The lowest BCUT2D eigenvalue weighted by molar-refractivity contribution is 0.101. The summed E-state index contributed by atoms with van der Waals surface area (Å²) >= 11 is 3.36. The second-order valence-electron chi connectivity index (χ2n) is 4.62. The van der Waals surface area contributed by atoms with Crippen molar-refractivity contribution in [3.8, 4) is 0 Å². The van der Waals surface area contributed by atoms with Crippen LogP contribution in [0.25, 0.3) is 0 Å². The van der Waals surface area contributed by atoms with Gasteiger partial charge >= 0.3 is 0 Å². The summed E-state index contributed by atoms with van der Waals surface area (Å²) in [6.45, 7) is 3.31. The Labute approximate surface area is 132 Å². The lowest BCUT2D eigenvalue weighted by Gasteiger charge is -2.11. The number of ketones is 1. The van der Waals surface area contributed by atoms with Gasteiger partial charge in [-0.15, -0.1) is 0 Å². The number of hydrogen-bond donors (Lipinski definition) is 1.